The molecular weight excluding hydrogens is 963 g/mol. The normalized spacial score (nSPS) is 11.9. The van der Waals surface area contributed by atoms with Crippen LogP contribution in [0.25, 0.3) is 152 Å². The number of benzene rings is 11. The summed E-state index contributed by atoms with van der Waals surface area (Å²) in [7, 11) is 0. The number of thiophene rings is 2. The van der Waals surface area contributed by atoms with E-state index in [2.05, 4.69) is 258 Å². The molecule has 0 radical (unpaired) electrons. The average molecular weight is 1000 g/mol. The van der Waals surface area contributed by atoms with Gasteiger partial charge < -0.3 is 0 Å². The smallest absolute Gasteiger partial charge is 0.240 e. The van der Waals surface area contributed by atoms with E-state index in [4.69, 9.17) is 15.0 Å². The fraction of sp³-hybridized carbons (Fsp3) is 0. The third kappa shape index (κ3) is 6.87. The first kappa shape index (κ1) is 42.9. The van der Waals surface area contributed by atoms with Crippen molar-refractivity contribution in [3.63, 3.8) is 0 Å². The summed E-state index contributed by atoms with van der Waals surface area (Å²) in [6.07, 6.45) is 0. The van der Waals surface area contributed by atoms with Gasteiger partial charge >= 0.3 is 0 Å². The maximum atomic E-state index is 5.55. The molecule has 0 bridgehead atoms. The highest BCUT2D eigenvalue weighted by atomic mass is 32.1. The third-order valence-corrected chi connectivity index (χ3v) is 17.5. The zero-order chi connectivity index (χ0) is 49.8. The molecule has 0 saturated heterocycles. The van der Waals surface area contributed by atoms with Crippen LogP contribution in [0.1, 0.15) is 0 Å². The Labute approximate surface area is 444 Å². The molecule has 16 aromatic rings. The van der Waals surface area contributed by atoms with E-state index in [1.54, 1.807) is 0 Å². The highest BCUT2D eigenvalue weighted by molar-refractivity contribution is 7.26. The third-order valence-electron chi connectivity index (χ3n) is 15.2. The second-order valence-electron chi connectivity index (χ2n) is 19.6. The molecule has 5 nitrogen and oxygen atoms in total. The van der Waals surface area contributed by atoms with E-state index >= 15 is 0 Å². The summed E-state index contributed by atoms with van der Waals surface area (Å²) < 4.78 is 9.65. The molecule has 0 saturated carbocycles. The topological polar surface area (TPSA) is 48.5 Å². The summed E-state index contributed by atoms with van der Waals surface area (Å²) in [6.45, 7) is 0. The number of hydrogen-bond donors (Lipinski definition) is 0. The van der Waals surface area contributed by atoms with Crippen molar-refractivity contribution < 1.29 is 0 Å². The Balaban J connectivity index is 0.898. The van der Waals surface area contributed by atoms with Gasteiger partial charge in [0.05, 0.1) is 22.1 Å². The van der Waals surface area contributed by atoms with Crippen LogP contribution in [0.3, 0.4) is 0 Å². The van der Waals surface area contributed by atoms with Crippen molar-refractivity contribution >= 4 is 107 Å². The first-order chi connectivity index (χ1) is 37.6. The minimum Gasteiger partial charge on any atom is -0.278 e. The fourth-order valence-electron chi connectivity index (χ4n) is 11.6. The Hall–Kier alpha value is -9.53. The van der Waals surface area contributed by atoms with Crippen LogP contribution in [-0.2, 0) is 0 Å². The standard InChI is InChI=1S/C69H41N5S2/c1-2-14-42(15-3-1)43-16-12-17-44(36-43)45-18-13-19-50(37-45)67-70-68(73-59-24-8-4-20-51(59)55-38-46(28-32-61(55)73)48-30-34-65-57(40-48)53-22-6-10-26-63(53)75-65)72-69(71-67)74-60-25-9-5-21-52(60)56-39-47(29-33-62(56)74)49-31-35-66-58(41-49)54-23-7-11-27-64(54)76-66/h1-41H. The molecule has 5 aromatic heterocycles. The van der Waals surface area contributed by atoms with Gasteiger partial charge in [-0.25, -0.2) is 0 Å². The van der Waals surface area contributed by atoms with Crippen LogP contribution in [0, 0.1) is 0 Å². The lowest BCUT2D eigenvalue weighted by molar-refractivity contribution is 0.893. The van der Waals surface area contributed by atoms with Gasteiger partial charge in [-0.3, -0.25) is 9.13 Å². The predicted molar refractivity (Wildman–Crippen MR) is 321 cm³/mol. The summed E-state index contributed by atoms with van der Waals surface area (Å²) >= 11 is 3.69. The lowest BCUT2D eigenvalue weighted by Gasteiger charge is -2.13. The maximum absolute atomic E-state index is 5.55. The maximum Gasteiger partial charge on any atom is 0.240 e. The highest BCUT2D eigenvalue weighted by Crippen LogP contribution is 2.42. The van der Waals surface area contributed by atoms with E-state index in [9.17, 15) is 0 Å². The van der Waals surface area contributed by atoms with Crippen molar-refractivity contribution in [2.75, 3.05) is 0 Å². The van der Waals surface area contributed by atoms with Gasteiger partial charge in [0.1, 0.15) is 0 Å². The molecule has 76 heavy (non-hydrogen) atoms. The minimum absolute atomic E-state index is 0.542. The van der Waals surface area contributed by atoms with Crippen LogP contribution in [-0.4, -0.2) is 24.1 Å². The molecule has 0 spiro atoms. The SMILES string of the molecule is c1ccc(-c2cccc(-c3cccc(-c4nc(-n5c6ccccc6c6cc(-c7ccc8sc9ccccc9c8c7)ccc65)nc(-n5c6ccccc6c6cc(-c7ccc8sc9ccccc9c8c7)ccc65)n4)c3)c2)cc1. The fourth-order valence-corrected chi connectivity index (χ4v) is 13.7. The molecule has 0 amide bonds. The number of aromatic nitrogens is 5. The number of para-hydroxylation sites is 2. The second kappa shape index (κ2) is 17.0. The summed E-state index contributed by atoms with van der Waals surface area (Å²) in [6, 6.07) is 89.9. The number of rotatable bonds is 7. The zero-order valence-corrected chi connectivity index (χ0v) is 42.4. The first-order valence-corrected chi connectivity index (χ1v) is 27.2. The van der Waals surface area contributed by atoms with Crippen molar-refractivity contribution in [3.8, 4) is 67.8 Å². The quantitative estimate of drug-likeness (QED) is 0.160. The lowest BCUT2D eigenvalue weighted by Crippen LogP contribution is -2.10. The van der Waals surface area contributed by atoms with Gasteiger partial charge in [-0.2, -0.15) is 15.0 Å². The lowest BCUT2D eigenvalue weighted by atomic mass is 9.98. The van der Waals surface area contributed by atoms with E-state index in [1.807, 2.05) is 22.7 Å². The van der Waals surface area contributed by atoms with Crippen LogP contribution in [0.5, 0.6) is 0 Å². The van der Waals surface area contributed by atoms with Gasteiger partial charge in [0.15, 0.2) is 5.82 Å². The molecule has 7 heteroatoms. The van der Waals surface area contributed by atoms with Crippen LogP contribution in [0.15, 0.2) is 249 Å². The Morgan fingerprint density at radius 3 is 1.11 bits per heavy atom. The van der Waals surface area contributed by atoms with E-state index in [1.165, 1.54) is 62.6 Å². The van der Waals surface area contributed by atoms with Crippen LogP contribution in [0.4, 0.5) is 0 Å². The van der Waals surface area contributed by atoms with E-state index in [0.717, 1.165) is 71.4 Å². The Kier molecular flexibility index (Phi) is 9.61. The van der Waals surface area contributed by atoms with Gasteiger partial charge in [-0.05, 0) is 129 Å². The largest absolute Gasteiger partial charge is 0.278 e. The van der Waals surface area contributed by atoms with Gasteiger partial charge in [-0.1, -0.05) is 164 Å². The number of fused-ring (bicyclic) bond motifs is 12. The van der Waals surface area contributed by atoms with Crippen molar-refractivity contribution in [1.29, 1.82) is 0 Å². The van der Waals surface area contributed by atoms with Gasteiger partial charge in [0, 0.05) is 67.5 Å². The van der Waals surface area contributed by atoms with Crippen molar-refractivity contribution in [1.82, 2.24) is 24.1 Å². The summed E-state index contributed by atoms with van der Waals surface area (Å²) in [5.74, 6) is 1.67. The molecule has 0 N–H and O–H groups in total. The van der Waals surface area contributed by atoms with Crippen molar-refractivity contribution in [3.05, 3.63) is 249 Å². The molecule has 0 aliphatic carbocycles. The Morgan fingerprint density at radius 1 is 0.224 bits per heavy atom. The van der Waals surface area contributed by atoms with Crippen molar-refractivity contribution in [2.24, 2.45) is 0 Å². The predicted octanol–water partition coefficient (Wildman–Crippen LogP) is 19.1. The molecular formula is C69H41N5S2. The number of nitrogens with zero attached hydrogens (tertiary/aromatic N) is 5. The molecule has 0 unspecified atom stereocenters. The zero-order valence-electron chi connectivity index (χ0n) is 40.7. The van der Waals surface area contributed by atoms with Crippen LogP contribution in [0.2, 0.25) is 0 Å². The van der Waals surface area contributed by atoms with Crippen LogP contribution < -0.4 is 0 Å². The molecule has 0 fully saturated rings. The molecule has 0 aliphatic heterocycles. The second-order valence-corrected chi connectivity index (χ2v) is 21.7. The van der Waals surface area contributed by atoms with Crippen LogP contribution >= 0.6 is 22.7 Å². The molecule has 0 atom stereocenters. The molecule has 354 valence electrons. The van der Waals surface area contributed by atoms with E-state index < -0.39 is 0 Å². The van der Waals surface area contributed by atoms with Gasteiger partial charge in [0.25, 0.3) is 0 Å². The van der Waals surface area contributed by atoms with E-state index in [0.29, 0.717) is 17.7 Å². The monoisotopic (exact) mass is 1000 g/mol. The first-order valence-electron chi connectivity index (χ1n) is 25.6. The molecule has 5 heterocycles. The Morgan fingerprint density at radius 2 is 0.579 bits per heavy atom. The van der Waals surface area contributed by atoms with Gasteiger partial charge in [-0.15, -0.1) is 22.7 Å². The van der Waals surface area contributed by atoms with Crippen molar-refractivity contribution in [2.45, 2.75) is 0 Å². The summed E-state index contributed by atoms with van der Waals surface area (Å²) in [5, 5.41) is 9.68. The average Bonchev–Trinajstić information content (AvgIpc) is 4.28. The molecule has 0 aliphatic rings. The Bertz CT molecular complexity index is 4770. The molecule has 11 aromatic carbocycles. The number of hydrogen-bond acceptors (Lipinski definition) is 5. The van der Waals surface area contributed by atoms with Gasteiger partial charge in [0.2, 0.25) is 11.9 Å². The summed E-state index contributed by atoms with van der Waals surface area (Å²) in [4.78, 5) is 16.5. The van der Waals surface area contributed by atoms with E-state index in [-0.39, 0.29) is 0 Å². The highest BCUT2D eigenvalue weighted by Gasteiger charge is 2.22. The minimum atomic E-state index is 0.542. The summed E-state index contributed by atoms with van der Waals surface area (Å²) in [5.41, 5.74) is 14.2. The molecule has 16 rings (SSSR count).